The zero-order valence-corrected chi connectivity index (χ0v) is 15.4. The molecule has 0 unspecified atom stereocenters. The zero-order chi connectivity index (χ0) is 17.5. The summed E-state index contributed by atoms with van der Waals surface area (Å²) < 4.78 is 6.40. The Balaban J connectivity index is 1.59. The monoisotopic (exact) mass is 401 g/mol. The van der Waals surface area contributed by atoms with Crippen LogP contribution in [0.1, 0.15) is 11.1 Å². The van der Waals surface area contributed by atoms with Gasteiger partial charge < -0.3 is 15.0 Å². The first-order valence-corrected chi connectivity index (χ1v) is 9.00. The number of nitrogens with zero attached hydrogens (tertiary/aromatic N) is 2. The third-order valence-corrected chi connectivity index (χ3v) is 4.46. The van der Waals surface area contributed by atoms with Crippen LogP contribution < -0.4 is 10.2 Å². The summed E-state index contributed by atoms with van der Waals surface area (Å²) in [5.41, 5.74) is 1.99. The number of rotatable bonds is 5. The number of amides is 1. The molecule has 0 radical (unpaired) electrons. The summed E-state index contributed by atoms with van der Waals surface area (Å²) in [4.78, 5) is 18.8. The van der Waals surface area contributed by atoms with E-state index in [0.29, 0.717) is 19.8 Å². The SMILES string of the molecule is O=C(/C=C/c1ccc(Br)cc1)NCc1cccnc1N1CCOCC1. The Morgan fingerprint density at radius 2 is 2.00 bits per heavy atom. The van der Waals surface area contributed by atoms with Crippen LogP contribution in [0.25, 0.3) is 6.08 Å². The number of morpholine rings is 1. The maximum absolute atomic E-state index is 12.1. The molecule has 3 rings (SSSR count). The summed E-state index contributed by atoms with van der Waals surface area (Å²) >= 11 is 3.39. The lowest BCUT2D eigenvalue weighted by atomic mass is 10.2. The maximum atomic E-state index is 12.1. The number of benzene rings is 1. The molecule has 2 heterocycles. The van der Waals surface area contributed by atoms with Crippen molar-refractivity contribution >= 4 is 33.7 Å². The molecule has 130 valence electrons. The van der Waals surface area contributed by atoms with Gasteiger partial charge in [-0.2, -0.15) is 0 Å². The smallest absolute Gasteiger partial charge is 0.244 e. The van der Waals surface area contributed by atoms with Gasteiger partial charge in [0, 0.05) is 41.9 Å². The predicted octanol–water partition coefficient (Wildman–Crippen LogP) is 3.01. The summed E-state index contributed by atoms with van der Waals surface area (Å²) in [6, 6.07) is 11.7. The third kappa shape index (κ3) is 5.14. The second kappa shape index (κ2) is 8.78. The van der Waals surface area contributed by atoms with Crippen molar-refractivity contribution in [3.8, 4) is 0 Å². The number of halogens is 1. The van der Waals surface area contributed by atoms with Gasteiger partial charge in [-0.25, -0.2) is 4.98 Å². The molecule has 2 aromatic rings. The molecule has 1 aliphatic rings. The second-order valence-corrected chi connectivity index (χ2v) is 6.60. The van der Waals surface area contributed by atoms with Gasteiger partial charge in [-0.3, -0.25) is 4.79 Å². The Labute approximate surface area is 155 Å². The fourth-order valence-corrected chi connectivity index (χ4v) is 2.88. The molecule has 1 amide bonds. The summed E-state index contributed by atoms with van der Waals surface area (Å²) in [6.45, 7) is 3.50. The van der Waals surface area contributed by atoms with E-state index in [0.717, 1.165) is 34.5 Å². The van der Waals surface area contributed by atoms with Crippen molar-refractivity contribution < 1.29 is 9.53 Å². The minimum Gasteiger partial charge on any atom is -0.378 e. The molecule has 0 bridgehead atoms. The van der Waals surface area contributed by atoms with E-state index >= 15 is 0 Å². The summed E-state index contributed by atoms with van der Waals surface area (Å²) in [6.07, 6.45) is 5.13. The van der Waals surface area contributed by atoms with E-state index in [2.05, 4.69) is 31.1 Å². The van der Waals surface area contributed by atoms with E-state index in [1.54, 1.807) is 18.3 Å². The van der Waals surface area contributed by atoms with Crippen LogP contribution in [0.3, 0.4) is 0 Å². The topological polar surface area (TPSA) is 54.5 Å². The quantitative estimate of drug-likeness (QED) is 0.782. The molecule has 0 aliphatic carbocycles. The van der Waals surface area contributed by atoms with Crippen LogP contribution in [0.15, 0.2) is 53.1 Å². The first-order valence-electron chi connectivity index (χ1n) is 8.20. The van der Waals surface area contributed by atoms with Gasteiger partial charge in [-0.05, 0) is 29.8 Å². The lowest BCUT2D eigenvalue weighted by Gasteiger charge is -2.29. The fourth-order valence-electron chi connectivity index (χ4n) is 2.62. The number of aromatic nitrogens is 1. The van der Waals surface area contributed by atoms with Gasteiger partial charge in [0.2, 0.25) is 5.91 Å². The molecule has 1 fully saturated rings. The van der Waals surface area contributed by atoms with Gasteiger partial charge in [0.15, 0.2) is 0 Å². The average Bonchev–Trinajstić information content (AvgIpc) is 2.67. The third-order valence-electron chi connectivity index (χ3n) is 3.93. The molecule has 0 atom stereocenters. The van der Waals surface area contributed by atoms with Gasteiger partial charge in [0.25, 0.3) is 0 Å². The Morgan fingerprint density at radius 1 is 1.24 bits per heavy atom. The summed E-state index contributed by atoms with van der Waals surface area (Å²) in [7, 11) is 0. The number of nitrogens with one attached hydrogen (secondary N) is 1. The van der Waals surface area contributed by atoms with Crippen LogP contribution >= 0.6 is 15.9 Å². The van der Waals surface area contributed by atoms with Crippen LogP contribution in [-0.4, -0.2) is 37.2 Å². The Morgan fingerprint density at radius 3 is 2.76 bits per heavy atom. The van der Waals surface area contributed by atoms with E-state index in [1.807, 2.05) is 36.4 Å². The highest BCUT2D eigenvalue weighted by molar-refractivity contribution is 9.10. The Bertz CT molecular complexity index is 741. The molecular weight excluding hydrogens is 382 g/mol. The van der Waals surface area contributed by atoms with E-state index in [1.165, 1.54) is 0 Å². The summed E-state index contributed by atoms with van der Waals surface area (Å²) in [5.74, 6) is 0.794. The number of pyridine rings is 1. The van der Waals surface area contributed by atoms with E-state index in [-0.39, 0.29) is 5.91 Å². The van der Waals surface area contributed by atoms with Gasteiger partial charge >= 0.3 is 0 Å². The van der Waals surface area contributed by atoms with Crippen molar-refractivity contribution in [1.29, 1.82) is 0 Å². The van der Waals surface area contributed by atoms with E-state index in [4.69, 9.17) is 4.74 Å². The molecule has 1 aliphatic heterocycles. The summed E-state index contributed by atoms with van der Waals surface area (Å²) in [5, 5.41) is 2.93. The number of carbonyl (C=O) groups excluding carboxylic acids is 1. The minimum atomic E-state index is -0.125. The van der Waals surface area contributed by atoms with Crippen LogP contribution in [-0.2, 0) is 16.1 Å². The highest BCUT2D eigenvalue weighted by atomic mass is 79.9. The van der Waals surface area contributed by atoms with Crippen LogP contribution in [0.5, 0.6) is 0 Å². The molecule has 0 spiro atoms. The van der Waals surface area contributed by atoms with Crippen LogP contribution in [0.2, 0.25) is 0 Å². The molecule has 5 nitrogen and oxygen atoms in total. The zero-order valence-electron chi connectivity index (χ0n) is 13.8. The Hall–Kier alpha value is -2.18. The molecule has 1 N–H and O–H groups in total. The molecule has 0 saturated carbocycles. The number of hydrogen-bond donors (Lipinski definition) is 1. The van der Waals surface area contributed by atoms with Crippen LogP contribution in [0.4, 0.5) is 5.82 Å². The number of hydrogen-bond acceptors (Lipinski definition) is 4. The minimum absolute atomic E-state index is 0.125. The highest BCUT2D eigenvalue weighted by Gasteiger charge is 2.15. The van der Waals surface area contributed by atoms with Crippen molar-refractivity contribution in [3.05, 3.63) is 64.3 Å². The first-order chi connectivity index (χ1) is 12.2. The maximum Gasteiger partial charge on any atom is 0.244 e. The highest BCUT2D eigenvalue weighted by Crippen LogP contribution is 2.18. The molecule has 1 aromatic heterocycles. The standard InChI is InChI=1S/C19H20BrN3O2/c20-17-6-3-15(4-7-17)5-8-18(24)22-14-16-2-1-9-21-19(16)23-10-12-25-13-11-23/h1-9H,10-14H2,(H,22,24)/b8-5+. The number of carbonyl (C=O) groups is 1. The average molecular weight is 402 g/mol. The van der Waals surface area contributed by atoms with Crippen molar-refractivity contribution in [1.82, 2.24) is 10.3 Å². The van der Waals surface area contributed by atoms with Crippen LogP contribution in [0, 0.1) is 0 Å². The normalized spacial score (nSPS) is 14.7. The lowest BCUT2D eigenvalue weighted by Crippen LogP contribution is -2.37. The largest absolute Gasteiger partial charge is 0.378 e. The molecule has 1 aromatic carbocycles. The second-order valence-electron chi connectivity index (χ2n) is 5.69. The molecule has 1 saturated heterocycles. The lowest BCUT2D eigenvalue weighted by molar-refractivity contribution is -0.116. The van der Waals surface area contributed by atoms with E-state index in [9.17, 15) is 4.79 Å². The van der Waals surface area contributed by atoms with Gasteiger partial charge in [-0.15, -0.1) is 0 Å². The van der Waals surface area contributed by atoms with Crippen molar-refractivity contribution in [2.75, 3.05) is 31.2 Å². The van der Waals surface area contributed by atoms with Crippen molar-refractivity contribution in [2.45, 2.75) is 6.54 Å². The van der Waals surface area contributed by atoms with Crippen molar-refractivity contribution in [2.24, 2.45) is 0 Å². The molecule has 25 heavy (non-hydrogen) atoms. The van der Waals surface area contributed by atoms with Gasteiger partial charge in [-0.1, -0.05) is 34.1 Å². The number of ether oxygens (including phenoxy) is 1. The van der Waals surface area contributed by atoms with E-state index < -0.39 is 0 Å². The Kier molecular flexibility index (Phi) is 6.19. The predicted molar refractivity (Wildman–Crippen MR) is 102 cm³/mol. The van der Waals surface area contributed by atoms with Gasteiger partial charge in [0.1, 0.15) is 5.82 Å². The fraction of sp³-hybridized carbons (Fsp3) is 0.263. The molecule has 6 heteroatoms. The van der Waals surface area contributed by atoms with Gasteiger partial charge in [0.05, 0.1) is 13.2 Å². The first kappa shape index (κ1) is 17.6. The number of anilines is 1. The molecular formula is C19H20BrN3O2. The van der Waals surface area contributed by atoms with Crippen molar-refractivity contribution in [3.63, 3.8) is 0 Å².